The Balaban J connectivity index is 2.00. The van der Waals surface area contributed by atoms with E-state index in [4.69, 9.17) is 10.8 Å². The molecule has 1 aliphatic carbocycles. The van der Waals surface area contributed by atoms with Crippen LogP contribution in [0.3, 0.4) is 0 Å². The van der Waals surface area contributed by atoms with Gasteiger partial charge in [-0.05, 0) is 63.0 Å². The lowest BCUT2D eigenvalue weighted by molar-refractivity contribution is 0.178. The third kappa shape index (κ3) is 3.63. The zero-order valence-corrected chi connectivity index (χ0v) is 13.4. The summed E-state index contributed by atoms with van der Waals surface area (Å²) in [5.74, 6) is 2.34. The molecule has 0 spiro atoms. The second kappa shape index (κ2) is 7.26. The minimum absolute atomic E-state index is 0.504. The molecule has 1 aromatic heterocycles. The van der Waals surface area contributed by atoms with E-state index >= 15 is 0 Å². The molecular formula is C17H31N3. The Morgan fingerprint density at radius 1 is 1.35 bits per heavy atom. The van der Waals surface area contributed by atoms with Crippen LogP contribution in [0.1, 0.15) is 64.6 Å². The van der Waals surface area contributed by atoms with Crippen molar-refractivity contribution in [3.05, 3.63) is 18.0 Å². The van der Waals surface area contributed by atoms with E-state index in [-0.39, 0.29) is 0 Å². The van der Waals surface area contributed by atoms with Crippen LogP contribution < -0.4 is 5.73 Å². The van der Waals surface area contributed by atoms with Crippen molar-refractivity contribution < 1.29 is 0 Å². The lowest BCUT2D eigenvalue weighted by atomic mass is 9.71. The average Bonchev–Trinajstić information content (AvgIpc) is 2.94. The van der Waals surface area contributed by atoms with Crippen LogP contribution in [0.5, 0.6) is 0 Å². The minimum Gasteiger partial charge on any atom is -0.330 e. The molecule has 1 aliphatic rings. The zero-order chi connectivity index (χ0) is 14.5. The minimum atomic E-state index is 0.504. The number of nitrogens with zero attached hydrogens (tertiary/aromatic N) is 2. The van der Waals surface area contributed by atoms with Gasteiger partial charge in [-0.25, -0.2) is 0 Å². The highest BCUT2D eigenvalue weighted by Crippen LogP contribution is 2.36. The Morgan fingerprint density at radius 3 is 2.80 bits per heavy atom. The first-order chi connectivity index (χ1) is 9.67. The van der Waals surface area contributed by atoms with E-state index in [1.807, 2.05) is 0 Å². The van der Waals surface area contributed by atoms with Gasteiger partial charge in [0.2, 0.25) is 0 Å². The van der Waals surface area contributed by atoms with Gasteiger partial charge in [0.15, 0.2) is 0 Å². The molecule has 0 amide bonds. The van der Waals surface area contributed by atoms with Gasteiger partial charge in [0, 0.05) is 12.2 Å². The summed E-state index contributed by atoms with van der Waals surface area (Å²) >= 11 is 0. The van der Waals surface area contributed by atoms with Crippen LogP contribution in [0, 0.1) is 17.8 Å². The lowest BCUT2D eigenvalue weighted by Gasteiger charge is -2.35. The number of nitrogens with two attached hydrogens (primary N) is 1. The molecule has 0 aromatic carbocycles. The Morgan fingerprint density at radius 2 is 2.15 bits per heavy atom. The molecule has 20 heavy (non-hydrogen) atoms. The number of hydrogen-bond acceptors (Lipinski definition) is 2. The molecule has 2 rings (SSSR count). The summed E-state index contributed by atoms with van der Waals surface area (Å²) in [6, 6.07) is 2.71. The van der Waals surface area contributed by atoms with E-state index in [1.54, 1.807) is 0 Å². The molecular weight excluding hydrogens is 246 g/mol. The third-order valence-corrected chi connectivity index (χ3v) is 5.31. The molecule has 2 N–H and O–H groups in total. The predicted molar refractivity (Wildman–Crippen MR) is 84.6 cm³/mol. The largest absolute Gasteiger partial charge is 0.330 e. The van der Waals surface area contributed by atoms with Crippen molar-refractivity contribution in [2.24, 2.45) is 23.5 Å². The first kappa shape index (κ1) is 15.6. The molecule has 0 radical (unpaired) electrons. The van der Waals surface area contributed by atoms with Crippen molar-refractivity contribution in [1.82, 2.24) is 9.78 Å². The average molecular weight is 277 g/mol. The molecule has 3 nitrogen and oxygen atoms in total. The SMILES string of the molecule is CCC1CCC(CN)C(Cc2ccn(C(C)CC)n2)C1. The molecule has 1 saturated carbocycles. The Kier molecular flexibility index (Phi) is 5.64. The van der Waals surface area contributed by atoms with Gasteiger partial charge in [-0.2, -0.15) is 5.10 Å². The van der Waals surface area contributed by atoms with E-state index in [0.717, 1.165) is 31.2 Å². The van der Waals surface area contributed by atoms with Crippen LogP contribution >= 0.6 is 0 Å². The molecule has 0 bridgehead atoms. The lowest BCUT2D eigenvalue weighted by Crippen LogP contribution is -2.31. The van der Waals surface area contributed by atoms with Gasteiger partial charge in [0.05, 0.1) is 5.69 Å². The van der Waals surface area contributed by atoms with Crippen molar-refractivity contribution in [3.8, 4) is 0 Å². The maximum Gasteiger partial charge on any atom is 0.0627 e. The van der Waals surface area contributed by atoms with Crippen LogP contribution in [0.2, 0.25) is 0 Å². The summed E-state index contributed by atoms with van der Waals surface area (Å²) < 4.78 is 2.12. The molecule has 1 aromatic rings. The van der Waals surface area contributed by atoms with E-state index in [9.17, 15) is 0 Å². The molecule has 114 valence electrons. The molecule has 1 heterocycles. The Bertz CT molecular complexity index is 399. The fourth-order valence-electron chi connectivity index (χ4n) is 3.54. The van der Waals surface area contributed by atoms with Crippen LogP contribution in [0.15, 0.2) is 12.3 Å². The Labute approximate surface area is 123 Å². The van der Waals surface area contributed by atoms with Gasteiger partial charge in [-0.3, -0.25) is 4.68 Å². The number of hydrogen-bond donors (Lipinski definition) is 1. The monoisotopic (exact) mass is 277 g/mol. The normalized spacial score (nSPS) is 28.5. The van der Waals surface area contributed by atoms with Crippen LogP contribution in [-0.4, -0.2) is 16.3 Å². The fraction of sp³-hybridized carbons (Fsp3) is 0.824. The summed E-state index contributed by atoms with van der Waals surface area (Å²) in [6.07, 6.45) is 9.72. The highest BCUT2D eigenvalue weighted by atomic mass is 15.3. The molecule has 3 heteroatoms. The number of rotatable bonds is 6. The van der Waals surface area contributed by atoms with Gasteiger partial charge in [-0.1, -0.05) is 26.7 Å². The van der Waals surface area contributed by atoms with Gasteiger partial charge in [0.25, 0.3) is 0 Å². The smallest absolute Gasteiger partial charge is 0.0627 e. The van der Waals surface area contributed by atoms with Gasteiger partial charge < -0.3 is 5.73 Å². The van der Waals surface area contributed by atoms with E-state index in [1.165, 1.54) is 31.4 Å². The van der Waals surface area contributed by atoms with Crippen molar-refractivity contribution in [2.75, 3.05) is 6.54 Å². The maximum atomic E-state index is 5.98. The van der Waals surface area contributed by atoms with Crippen molar-refractivity contribution in [2.45, 2.75) is 65.3 Å². The predicted octanol–water partition coefficient (Wildman–Crippen LogP) is 3.80. The van der Waals surface area contributed by atoms with E-state index in [0.29, 0.717) is 12.0 Å². The maximum absolute atomic E-state index is 5.98. The molecule has 4 unspecified atom stereocenters. The highest BCUT2D eigenvalue weighted by molar-refractivity contribution is 5.02. The van der Waals surface area contributed by atoms with E-state index < -0.39 is 0 Å². The molecule has 0 aliphatic heterocycles. The van der Waals surface area contributed by atoms with Crippen LogP contribution in [0.4, 0.5) is 0 Å². The van der Waals surface area contributed by atoms with E-state index in [2.05, 4.69) is 37.7 Å². The quantitative estimate of drug-likeness (QED) is 0.859. The van der Waals surface area contributed by atoms with Crippen molar-refractivity contribution in [1.29, 1.82) is 0 Å². The van der Waals surface area contributed by atoms with Gasteiger partial charge in [-0.15, -0.1) is 0 Å². The summed E-state index contributed by atoms with van der Waals surface area (Å²) in [7, 11) is 0. The van der Waals surface area contributed by atoms with Crippen LogP contribution in [-0.2, 0) is 6.42 Å². The summed E-state index contributed by atoms with van der Waals surface area (Å²) in [6.45, 7) is 7.60. The second-order valence-electron chi connectivity index (χ2n) is 6.59. The standard InChI is InChI=1S/C17H31N3/c1-4-13(3)20-9-8-17(19-20)11-16-10-14(5-2)6-7-15(16)12-18/h8-9,13-16H,4-7,10-12,18H2,1-3H3. The Hall–Kier alpha value is -0.830. The summed E-state index contributed by atoms with van der Waals surface area (Å²) in [5.41, 5.74) is 7.24. The topological polar surface area (TPSA) is 43.8 Å². The molecule has 1 fully saturated rings. The third-order valence-electron chi connectivity index (χ3n) is 5.31. The van der Waals surface area contributed by atoms with Crippen LogP contribution in [0.25, 0.3) is 0 Å². The van der Waals surface area contributed by atoms with Gasteiger partial charge in [0.1, 0.15) is 0 Å². The highest BCUT2D eigenvalue weighted by Gasteiger charge is 2.29. The number of aromatic nitrogens is 2. The first-order valence-electron chi connectivity index (χ1n) is 8.41. The second-order valence-corrected chi connectivity index (χ2v) is 6.59. The summed E-state index contributed by atoms with van der Waals surface area (Å²) in [4.78, 5) is 0. The fourth-order valence-corrected chi connectivity index (χ4v) is 3.54. The summed E-state index contributed by atoms with van der Waals surface area (Å²) in [5, 5.41) is 4.77. The first-order valence-corrected chi connectivity index (χ1v) is 8.41. The molecule has 0 saturated heterocycles. The van der Waals surface area contributed by atoms with Crippen molar-refractivity contribution >= 4 is 0 Å². The van der Waals surface area contributed by atoms with Gasteiger partial charge >= 0.3 is 0 Å². The molecule has 4 atom stereocenters. The zero-order valence-electron chi connectivity index (χ0n) is 13.4. The van der Waals surface area contributed by atoms with Crippen molar-refractivity contribution in [3.63, 3.8) is 0 Å².